The van der Waals surface area contributed by atoms with Gasteiger partial charge in [-0.1, -0.05) is 31.9 Å². The first kappa shape index (κ1) is 16.0. The van der Waals surface area contributed by atoms with Crippen molar-refractivity contribution >= 4 is 0 Å². The quantitative estimate of drug-likeness (QED) is 0.764. The third kappa shape index (κ3) is 5.61. The van der Waals surface area contributed by atoms with Crippen LogP contribution < -0.4 is 0 Å². The lowest BCUT2D eigenvalue weighted by Crippen LogP contribution is -2.10. The molecule has 0 spiro atoms. The lowest BCUT2D eigenvalue weighted by molar-refractivity contribution is -0.137. The predicted octanol–water partition coefficient (Wildman–Crippen LogP) is 3.95. The van der Waals surface area contributed by atoms with Crippen molar-refractivity contribution in [2.24, 2.45) is 0 Å². The molecule has 1 atom stereocenters. The number of rotatable bonds is 7. The SMILES string of the molecule is CCCCCOCC(O)c1cccc(C(F)(F)F)c1. The van der Waals surface area contributed by atoms with Crippen LogP contribution in [0.25, 0.3) is 0 Å². The van der Waals surface area contributed by atoms with Crippen LogP contribution in [0.15, 0.2) is 24.3 Å². The van der Waals surface area contributed by atoms with Gasteiger partial charge < -0.3 is 9.84 Å². The van der Waals surface area contributed by atoms with Crippen LogP contribution in [-0.2, 0) is 10.9 Å². The van der Waals surface area contributed by atoms with Gasteiger partial charge >= 0.3 is 6.18 Å². The Balaban J connectivity index is 2.50. The Labute approximate surface area is 111 Å². The number of ether oxygens (including phenoxy) is 1. The van der Waals surface area contributed by atoms with Gasteiger partial charge in [-0.05, 0) is 24.1 Å². The molecule has 5 heteroatoms. The molecule has 0 aromatic heterocycles. The number of hydrogen-bond donors (Lipinski definition) is 1. The maximum absolute atomic E-state index is 12.5. The Kier molecular flexibility index (Phi) is 6.31. The van der Waals surface area contributed by atoms with E-state index in [0.717, 1.165) is 31.4 Å². The minimum Gasteiger partial charge on any atom is -0.386 e. The third-order valence-electron chi connectivity index (χ3n) is 2.77. The first-order chi connectivity index (χ1) is 8.95. The molecule has 0 heterocycles. The van der Waals surface area contributed by atoms with Crippen LogP contribution in [0.3, 0.4) is 0 Å². The average Bonchev–Trinajstić information content (AvgIpc) is 2.37. The maximum atomic E-state index is 12.5. The third-order valence-corrected chi connectivity index (χ3v) is 2.77. The number of unbranched alkanes of at least 4 members (excludes halogenated alkanes) is 2. The highest BCUT2D eigenvalue weighted by molar-refractivity contribution is 5.27. The van der Waals surface area contributed by atoms with Crippen LogP contribution in [-0.4, -0.2) is 18.3 Å². The van der Waals surface area contributed by atoms with Crippen molar-refractivity contribution in [3.8, 4) is 0 Å². The van der Waals surface area contributed by atoms with E-state index in [2.05, 4.69) is 6.92 Å². The summed E-state index contributed by atoms with van der Waals surface area (Å²) in [6, 6.07) is 4.70. The molecular formula is C14H19F3O2. The van der Waals surface area contributed by atoms with Gasteiger partial charge in [0.05, 0.1) is 12.2 Å². The van der Waals surface area contributed by atoms with Crippen molar-refractivity contribution in [2.75, 3.05) is 13.2 Å². The van der Waals surface area contributed by atoms with Gasteiger partial charge in [-0.2, -0.15) is 13.2 Å². The summed E-state index contributed by atoms with van der Waals surface area (Å²) >= 11 is 0. The first-order valence-corrected chi connectivity index (χ1v) is 6.38. The fourth-order valence-corrected chi connectivity index (χ4v) is 1.67. The molecule has 0 amide bonds. The second-order valence-electron chi connectivity index (χ2n) is 4.42. The smallest absolute Gasteiger partial charge is 0.386 e. The van der Waals surface area contributed by atoms with Gasteiger partial charge in [-0.25, -0.2) is 0 Å². The van der Waals surface area contributed by atoms with Gasteiger partial charge in [0.15, 0.2) is 0 Å². The average molecular weight is 276 g/mol. The number of aliphatic hydroxyl groups excluding tert-OH is 1. The molecule has 1 aromatic rings. The molecule has 0 bridgehead atoms. The van der Waals surface area contributed by atoms with Crippen LogP contribution in [0.4, 0.5) is 13.2 Å². The van der Waals surface area contributed by atoms with Crippen molar-refractivity contribution in [2.45, 2.75) is 38.5 Å². The van der Waals surface area contributed by atoms with E-state index >= 15 is 0 Å². The highest BCUT2D eigenvalue weighted by Crippen LogP contribution is 2.30. The van der Waals surface area contributed by atoms with Gasteiger partial charge in [-0.3, -0.25) is 0 Å². The molecule has 19 heavy (non-hydrogen) atoms. The number of halogens is 3. The molecule has 1 N–H and O–H groups in total. The summed E-state index contributed by atoms with van der Waals surface area (Å²) in [4.78, 5) is 0. The highest BCUT2D eigenvalue weighted by atomic mass is 19.4. The topological polar surface area (TPSA) is 29.5 Å². The summed E-state index contributed by atoms with van der Waals surface area (Å²) in [5.41, 5.74) is -0.527. The lowest BCUT2D eigenvalue weighted by Gasteiger charge is -2.14. The van der Waals surface area contributed by atoms with Crippen LogP contribution >= 0.6 is 0 Å². The van der Waals surface area contributed by atoms with Gasteiger partial charge in [0, 0.05) is 6.61 Å². The highest BCUT2D eigenvalue weighted by Gasteiger charge is 2.30. The summed E-state index contributed by atoms with van der Waals surface area (Å²) in [6.45, 7) is 2.60. The Morgan fingerprint density at radius 1 is 1.26 bits per heavy atom. The predicted molar refractivity (Wildman–Crippen MR) is 66.7 cm³/mol. The Morgan fingerprint density at radius 2 is 2.00 bits per heavy atom. The van der Waals surface area contributed by atoms with E-state index in [-0.39, 0.29) is 12.2 Å². The zero-order valence-electron chi connectivity index (χ0n) is 10.9. The fraction of sp³-hybridized carbons (Fsp3) is 0.571. The van der Waals surface area contributed by atoms with Crippen LogP contribution in [0.5, 0.6) is 0 Å². The van der Waals surface area contributed by atoms with E-state index in [4.69, 9.17) is 4.74 Å². The molecule has 1 rings (SSSR count). The molecule has 0 saturated heterocycles. The molecule has 0 saturated carbocycles. The van der Waals surface area contributed by atoms with Crippen LogP contribution in [0.1, 0.15) is 43.4 Å². The molecular weight excluding hydrogens is 257 g/mol. The van der Waals surface area contributed by atoms with Gasteiger partial charge in [0.1, 0.15) is 6.10 Å². The molecule has 1 unspecified atom stereocenters. The summed E-state index contributed by atoms with van der Waals surface area (Å²) < 4.78 is 42.8. The largest absolute Gasteiger partial charge is 0.416 e. The minimum atomic E-state index is -4.39. The second-order valence-corrected chi connectivity index (χ2v) is 4.42. The maximum Gasteiger partial charge on any atom is 0.416 e. The molecule has 0 fully saturated rings. The zero-order chi connectivity index (χ0) is 14.3. The molecule has 0 aliphatic rings. The van der Waals surface area contributed by atoms with Crippen LogP contribution in [0, 0.1) is 0 Å². The summed E-state index contributed by atoms with van der Waals surface area (Å²) in [7, 11) is 0. The summed E-state index contributed by atoms with van der Waals surface area (Å²) in [5.74, 6) is 0. The van der Waals surface area contributed by atoms with E-state index in [0.29, 0.717) is 6.61 Å². The molecule has 0 radical (unpaired) electrons. The van der Waals surface area contributed by atoms with Crippen molar-refractivity contribution in [3.63, 3.8) is 0 Å². The van der Waals surface area contributed by atoms with Crippen molar-refractivity contribution in [1.29, 1.82) is 0 Å². The number of benzene rings is 1. The van der Waals surface area contributed by atoms with E-state index in [9.17, 15) is 18.3 Å². The van der Waals surface area contributed by atoms with Gasteiger partial charge in [0.2, 0.25) is 0 Å². The summed E-state index contributed by atoms with van der Waals surface area (Å²) in [5, 5.41) is 9.77. The molecule has 0 aliphatic carbocycles. The number of hydrogen-bond acceptors (Lipinski definition) is 2. The van der Waals surface area contributed by atoms with Gasteiger partial charge in [0.25, 0.3) is 0 Å². The van der Waals surface area contributed by atoms with Gasteiger partial charge in [-0.15, -0.1) is 0 Å². The Hall–Kier alpha value is -1.07. The molecule has 1 aromatic carbocycles. The molecule has 108 valence electrons. The van der Waals surface area contributed by atoms with Crippen LogP contribution in [0.2, 0.25) is 0 Å². The van der Waals surface area contributed by atoms with E-state index in [1.807, 2.05) is 0 Å². The van der Waals surface area contributed by atoms with E-state index < -0.39 is 17.8 Å². The zero-order valence-corrected chi connectivity index (χ0v) is 10.9. The van der Waals surface area contributed by atoms with Crippen molar-refractivity contribution < 1.29 is 23.0 Å². The monoisotopic (exact) mass is 276 g/mol. The Morgan fingerprint density at radius 3 is 2.63 bits per heavy atom. The standard InChI is InChI=1S/C14H19F3O2/c1-2-3-4-8-19-10-13(18)11-6-5-7-12(9-11)14(15,16)17/h5-7,9,13,18H,2-4,8,10H2,1H3. The molecule has 2 nitrogen and oxygen atoms in total. The fourth-order valence-electron chi connectivity index (χ4n) is 1.67. The van der Waals surface area contributed by atoms with Crippen molar-refractivity contribution in [3.05, 3.63) is 35.4 Å². The molecule has 0 aliphatic heterocycles. The number of aliphatic hydroxyl groups is 1. The summed E-state index contributed by atoms with van der Waals surface area (Å²) in [6.07, 6.45) is -2.41. The minimum absolute atomic E-state index is 0.0189. The van der Waals surface area contributed by atoms with E-state index in [1.165, 1.54) is 12.1 Å². The Bertz CT molecular complexity index is 377. The second kappa shape index (κ2) is 7.50. The number of alkyl halides is 3. The lowest BCUT2D eigenvalue weighted by atomic mass is 10.1. The first-order valence-electron chi connectivity index (χ1n) is 6.38. The van der Waals surface area contributed by atoms with Crippen molar-refractivity contribution in [1.82, 2.24) is 0 Å². The normalized spacial score (nSPS) is 13.5. The van der Waals surface area contributed by atoms with E-state index in [1.54, 1.807) is 0 Å².